The van der Waals surface area contributed by atoms with Crippen molar-refractivity contribution in [3.63, 3.8) is 0 Å². The lowest BCUT2D eigenvalue weighted by Crippen LogP contribution is -2.50. The van der Waals surface area contributed by atoms with E-state index in [-0.39, 0.29) is 30.4 Å². The first-order chi connectivity index (χ1) is 17.4. The molecule has 2 heterocycles. The summed E-state index contributed by atoms with van der Waals surface area (Å²) in [5.74, 6) is 1.22. The van der Waals surface area contributed by atoms with E-state index in [0.29, 0.717) is 34.7 Å². The summed E-state index contributed by atoms with van der Waals surface area (Å²) < 4.78 is 6.89. The fourth-order valence-electron chi connectivity index (χ4n) is 5.18. The van der Waals surface area contributed by atoms with Crippen LogP contribution in [0.25, 0.3) is 11.1 Å². The highest BCUT2D eigenvalue weighted by Crippen LogP contribution is 2.51. The van der Waals surface area contributed by atoms with Crippen LogP contribution in [0.4, 0.5) is 5.69 Å². The summed E-state index contributed by atoms with van der Waals surface area (Å²) in [6.45, 7) is 5.52. The number of hydrogen-bond donors (Lipinski definition) is 3. The Morgan fingerprint density at radius 1 is 1.11 bits per heavy atom. The minimum atomic E-state index is -0.617. The minimum absolute atomic E-state index is 0.0367. The van der Waals surface area contributed by atoms with Gasteiger partial charge in [0.1, 0.15) is 23.2 Å². The van der Waals surface area contributed by atoms with E-state index in [1.165, 1.54) is 0 Å². The van der Waals surface area contributed by atoms with Crippen molar-refractivity contribution in [2.24, 2.45) is 17.8 Å². The predicted octanol–water partition coefficient (Wildman–Crippen LogP) is 4.09. The molecule has 190 valence electrons. The van der Waals surface area contributed by atoms with Crippen LogP contribution < -0.4 is 10.6 Å². The molecule has 36 heavy (non-hydrogen) atoms. The molecule has 0 spiro atoms. The molecule has 0 unspecified atom stereocenters. The Morgan fingerprint density at radius 3 is 2.36 bits per heavy atom. The Bertz CT molecular complexity index is 1230. The number of aliphatic hydroxyl groups excluding tert-OH is 1. The molecule has 9 heteroatoms. The lowest BCUT2D eigenvalue weighted by Gasteiger charge is -2.28. The zero-order valence-corrected chi connectivity index (χ0v) is 20.9. The zero-order chi connectivity index (χ0) is 25.4. The van der Waals surface area contributed by atoms with E-state index < -0.39 is 6.04 Å². The Kier molecular flexibility index (Phi) is 6.66. The van der Waals surface area contributed by atoms with Crippen LogP contribution in [-0.2, 0) is 11.4 Å². The van der Waals surface area contributed by atoms with Gasteiger partial charge in [-0.1, -0.05) is 17.3 Å². The Hall–Kier alpha value is -3.46. The van der Waals surface area contributed by atoms with Crippen molar-refractivity contribution < 1.29 is 19.2 Å². The summed E-state index contributed by atoms with van der Waals surface area (Å²) in [5, 5.41) is 23.8. The number of nitrogens with one attached hydrogen (secondary N) is 2. The van der Waals surface area contributed by atoms with Gasteiger partial charge in [0, 0.05) is 23.5 Å². The van der Waals surface area contributed by atoms with Crippen molar-refractivity contribution in [2.75, 3.05) is 5.32 Å². The van der Waals surface area contributed by atoms with Gasteiger partial charge in [-0.15, -0.1) is 0 Å². The second-order valence-electron chi connectivity index (χ2n) is 10.2. The molecule has 3 aromatic rings. The van der Waals surface area contributed by atoms with Gasteiger partial charge in [-0.2, -0.15) is 5.10 Å². The number of carbonyl (C=O) groups excluding carboxylic acids is 2. The molecular formula is C27H33N5O4. The Morgan fingerprint density at radius 2 is 1.78 bits per heavy atom. The van der Waals surface area contributed by atoms with Crippen LogP contribution in [0.5, 0.6) is 0 Å². The number of aliphatic hydroxyl groups is 1. The van der Waals surface area contributed by atoms with Gasteiger partial charge >= 0.3 is 0 Å². The third-order valence-corrected chi connectivity index (χ3v) is 7.20. The maximum atomic E-state index is 13.6. The fourth-order valence-corrected chi connectivity index (χ4v) is 5.18. The van der Waals surface area contributed by atoms with E-state index >= 15 is 0 Å². The highest BCUT2D eigenvalue weighted by Gasteiger charge is 2.48. The van der Waals surface area contributed by atoms with Crippen LogP contribution in [0.15, 0.2) is 41.1 Å². The van der Waals surface area contributed by atoms with E-state index in [0.717, 1.165) is 36.8 Å². The van der Waals surface area contributed by atoms with Gasteiger partial charge in [0.05, 0.1) is 6.61 Å². The average molecular weight is 492 g/mol. The van der Waals surface area contributed by atoms with Crippen LogP contribution in [0.1, 0.15) is 67.5 Å². The van der Waals surface area contributed by atoms with E-state index in [9.17, 15) is 14.7 Å². The molecule has 3 N–H and O–H groups in total. The molecule has 2 aliphatic rings. The van der Waals surface area contributed by atoms with Crippen LogP contribution in [0.2, 0.25) is 0 Å². The van der Waals surface area contributed by atoms with Crippen LogP contribution in [0, 0.1) is 24.7 Å². The summed E-state index contributed by atoms with van der Waals surface area (Å²) in [6, 6.07) is 8.47. The second kappa shape index (κ2) is 9.89. The molecule has 2 aliphatic carbocycles. The van der Waals surface area contributed by atoms with Gasteiger partial charge in [0.25, 0.3) is 5.91 Å². The smallest absolute Gasteiger partial charge is 0.270 e. The number of anilines is 1. The highest BCUT2D eigenvalue weighted by atomic mass is 16.5. The predicted molar refractivity (Wildman–Crippen MR) is 134 cm³/mol. The number of amides is 2. The first-order valence-corrected chi connectivity index (χ1v) is 12.7. The van der Waals surface area contributed by atoms with Crippen LogP contribution in [0.3, 0.4) is 0 Å². The summed E-state index contributed by atoms with van der Waals surface area (Å²) in [7, 11) is 0. The van der Waals surface area contributed by atoms with Crippen LogP contribution >= 0.6 is 0 Å². The molecule has 2 saturated carbocycles. The lowest BCUT2D eigenvalue weighted by atomic mass is 9.88. The average Bonchev–Trinajstić information content (AvgIpc) is 3.79. The number of benzene rings is 1. The van der Waals surface area contributed by atoms with Crippen molar-refractivity contribution in [3.8, 4) is 11.1 Å². The fraction of sp³-hybridized carbons (Fsp3) is 0.481. The Labute approximate surface area is 210 Å². The zero-order valence-electron chi connectivity index (χ0n) is 20.9. The molecule has 1 aromatic carbocycles. The number of aromatic nitrogens is 3. The largest absolute Gasteiger partial charge is 0.390 e. The molecule has 9 nitrogen and oxygen atoms in total. The molecular weight excluding hydrogens is 458 g/mol. The number of aryl methyl sites for hydroxylation is 1. The van der Waals surface area contributed by atoms with Crippen molar-refractivity contribution in [2.45, 2.75) is 65.1 Å². The molecule has 2 aromatic heterocycles. The van der Waals surface area contributed by atoms with Crippen LogP contribution in [-0.4, -0.2) is 37.9 Å². The molecule has 0 aliphatic heterocycles. The number of nitrogens with zero attached hydrogens (tertiary/aromatic N) is 3. The number of carbonyl (C=O) groups is 2. The molecule has 2 fully saturated rings. The number of rotatable bonds is 10. The normalized spacial score (nSPS) is 16.4. The van der Waals surface area contributed by atoms with Gasteiger partial charge in [0.15, 0.2) is 0 Å². The second-order valence-corrected chi connectivity index (χ2v) is 10.2. The third kappa shape index (κ3) is 4.93. The molecule has 1 atom stereocenters. The van der Waals surface area contributed by atoms with Gasteiger partial charge in [-0.25, -0.2) is 0 Å². The quantitative estimate of drug-likeness (QED) is 0.393. The molecule has 0 radical (unpaired) electrons. The highest BCUT2D eigenvalue weighted by molar-refractivity contribution is 6.01. The van der Waals surface area contributed by atoms with Crippen molar-refractivity contribution >= 4 is 17.5 Å². The first-order valence-electron chi connectivity index (χ1n) is 12.7. The van der Waals surface area contributed by atoms with Gasteiger partial charge < -0.3 is 20.3 Å². The summed E-state index contributed by atoms with van der Waals surface area (Å²) >= 11 is 0. The van der Waals surface area contributed by atoms with E-state index in [1.807, 2.05) is 38.1 Å². The topological polar surface area (TPSA) is 122 Å². The maximum absolute atomic E-state index is 13.6. The van der Waals surface area contributed by atoms with E-state index in [2.05, 4.69) is 20.9 Å². The third-order valence-electron chi connectivity index (χ3n) is 7.20. The van der Waals surface area contributed by atoms with Crippen molar-refractivity contribution in [3.05, 3.63) is 53.7 Å². The molecule has 2 amide bonds. The van der Waals surface area contributed by atoms with Gasteiger partial charge in [0.2, 0.25) is 5.91 Å². The molecule has 0 bridgehead atoms. The maximum Gasteiger partial charge on any atom is 0.270 e. The summed E-state index contributed by atoms with van der Waals surface area (Å²) in [5.41, 5.74) is 3.17. The molecule has 5 rings (SSSR count). The number of hydrogen-bond acceptors (Lipinski definition) is 6. The summed E-state index contributed by atoms with van der Waals surface area (Å²) in [4.78, 5) is 26.9. The van der Waals surface area contributed by atoms with Gasteiger partial charge in [-0.05, 0) is 88.0 Å². The lowest BCUT2D eigenvalue weighted by molar-refractivity contribution is -0.119. The Balaban J connectivity index is 1.36. The van der Waals surface area contributed by atoms with Crippen molar-refractivity contribution in [1.29, 1.82) is 0 Å². The van der Waals surface area contributed by atoms with Gasteiger partial charge in [-0.3, -0.25) is 14.3 Å². The SMILES string of the molecule is Cc1onc(CO)c1-c1ccc(NC(=O)[C@@H](NC(=O)c2ccnn2C(C)C)C(C2CC2)C2CC2)cc1. The van der Waals surface area contributed by atoms with Crippen molar-refractivity contribution in [1.82, 2.24) is 20.3 Å². The first kappa shape index (κ1) is 24.2. The summed E-state index contributed by atoms with van der Waals surface area (Å²) in [6.07, 6.45) is 6.02. The van der Waals surface area contributed by atoms with E-state index in [4.69, 9.17) is 4.52 Å². The molecule has 0 saturated heterocycles. The minimum Gasteiger partial charge on any atom is -0.390 e. The standard InChI is InChI=1S/C27H33N5O4/c1-15(2)32-22(12-13-28-32)26(34)30-25(24(18-4-5-18)19-6-7-19)27(35)29-20-10-8-17(9-11-20)23-16(3)36-31-21(23)14-33/h8-13,15,18-19,24-25,33H,4-7,14H2,1-3H3,(H,29,35)(H,30,34)/t25-/m0/s1. The van der Waals surface area contributed by atoms with E-state index in [1.54, 1.807) is 23.9 Å². The monoisotopic (exact) mass is 491 g/mol.